The number of hydrogen-bond acceptors (Lipinski definition) is 8. The van der Waals surface area contributed by atoms with Crippen molar-refractivity contribution in [1.29, 1.82) is 0 Å². The molecule has 8 nitrogen and oxygen atoms in total. The van der Waals surface area contributed by atoms with Crippen LogP contribution in [0.5, 0.6) is 0 Å². The van der Waals surface area contributed by atoms with Crippen LogP contribution in [0.25, 0.3) is 0 Å². The van der Waals surface area contributed by atoms with Crippen LogP contribution in [0.15, 0.2) is 0 Å². The van der Waals surface area contributed by atoms with Crippen LogP contribution in [0.1, 0.15) is 46.0 Å². The second-order valence-electron chi connectivity index (χ2n) is 5.14. The molecule has 6 N–H and O–H groups in total. The van der Waals surface area contributed by atoms with Gasteiger partial charge in [-0.1, -0.05) is 20.3 Å². The van der Waals surface area contributed by atoms with Crippen molar-refractivity contribution in [3.05, 3.63) is 0 Å². The molecule has 0 aliphatic carbocycles. The van der Waals surface area contributed by atoms with E-state index in [1.807, 2.05) is 6.92 Å². The van der Waals surface area contributed by atoms with Crippen molar-refractivity contribution in [3.8, 4) is 0 Å². The molecule has 0 atom stereocenters. The van der Waals surface area contributed by atoms with E-state index >= 15 is 0 Å². The number of carbonyl (C=O) groups is 2. The predicted molar refractivity (Wildman–Crippen MR) is 108 cm³/mol. The molecule has 0 heterocycles. The summed E-state index contributed by atoms with van der Waals surface area (Å²) in [5, 5.41) is 49.8. The van der Waals surface area contributed by atoms with Gasteiger partial charge in [0.1, 0.15) is 0 Å². The Morgan fingerprint density at radius 3 is 1.15 bits per heavy atom. The van der Waals surface area contributed by atoms with E-state index in [9.17, 15) is 9.59 Å². The average molecular weight is 421 g/mol. The fourth-order valence-electron chi connectivity index (χ4n) is 0.835. The van der Waals surface area contributed by atoms with Crippen LogP contribution in [0.4, 0.5) is 0 Å². The lowest BCUT2D eigenvalue weighted by Crippen LogP contribution is -2.32. The van der Waals surface area contributed by atoms with E-state index in [2.05, 4.69) is 32.2 Å². The molecule has 0 aliphatic heterocycles. The van der Waals surface area contributed by atoms with E-state index in [0.29, 0.717) is 24.5 Å². The van der Waals surface area contributed by atoms with Gasteiger partial charge in [0.25, 0.3) is 0 Å². The molecule has 0 fully saturated rings. The Labute approximate surface area is 167 Å². The summed E-state index contributed by atoms with van der Waals surface area (Å²) in [7, 11) is 0. The normalized spacial score (nSPS) is 9.54. The van der Waals surface area contributed by atoms with Crippen molar-refractivity contribution >= 4 is 37.2 Å². The number of hydrogen-bond donors (Lipinski definition) is 8. The molecule has 0 saturated carbocycles. The van der Waals surface area contributed by atoms with Crippen molar-refractivity contribution in [2.24, 2.45) is 5.41 Å². The van der Waals surface area contributed by atoms with E-state index in [0.717, 1.165) is 12.8 Å². The van der Waals surface area contributed by atoms with Crippen LogP contribution in [0.3, 0.4) is 0 Å². The van der Waals surface area contributed by atoms with Gasteiger partial charge in [-0.2, -0.15) is 25.3 Å². The molecule has 0 aromatic carbocycles. The summed E-state index contributed by atoms with van der Waals surface area (Å²) in [5.74, 6) is -0.722. The molecule has 0 bridgehead atoms. The van der Waals surface area contributed by atoms with Crippen LogP contribution in [-0.4, -0.2) is 80.5 Å². The topological polar surface area (TPSA) is 156 Å². The fraction of sp³-hybridized carbons (Fsp3) is 0.875. The number of rotatable bonds is 10. The summed E-state index contributed by atoms with van der Waals surface area (Å²) in [5.41, 5.74) is -0.667. The lowest BCUT2D eigenvalue weighted by atomic mass is 9.88. The molecule has 0 aromatic rings. The number of aliphatic carboxylic acids is 2. The zero-order valence-electron chi connectivity index (χ0n) is 15.7. The first kappa shape index (κ1) is 33.1. The Hall–Kier alpha value is -0.520. The number of aliphatic hydroxyl groups excluding tert-OH is 4. The van der Waals surface area contributed by atoms with E-state index in [4.69, 9.17) is 30.6 Å². The SMILES string of the molecule is CCC(CO)(CO)CO.CCCCO.O=C(O)CCS.O=C(O)CCS. The first-order chi connectivity index (χ1) is 12.2. The molecular formula is C16H36O8S2. The zero-order chi connectivity index (χ0) is 21.4. The summed E-state index contributed by atoms with van der Waals surface area (Å²) in [6.07, 6.45) is 2.94. The predicted octanol–water partition coefficient (Wildman–Crippen LogP) is 0.920. The van der Waals surface area contributed by atoms with Crippen molar-refractivity contribution in [3.63, 3.8) is 0 Å². The van der Waals surface area contributed by atoms with Gasteiger partial charge in [-0.3, -0.25) is 9.59 Å². The van der Waals surface area contributed by atoms with Crippen molar-refractivity contribution in [2.45, 2.75) is 46.0 Å². The number of aliphatic hydroxyl groups is 4. The third-order valence-corrected chi connectivity index (χ3v) is 3.37. The highest BCUT2D eigenvalue weighted by molar-refractivity contribution is 7.80. The van der Waals surface area contributed by atoms with Crippen LogP contribution in [0, 0.1) is 5.41 Å². The monoisotopic (exact) mass is 420 g/mol. The Morgan fingerprint density at radius 1 is 0.808 bits per heavy atom. The average Bonchev–Trinajstić information content (AvgIpc) is 2.60. The van der Waals surface area contributed by atoms with Gasteiger partial charge in [0.05, 0.1) is 32.7 Å². The van der Waals surface area contributed by atoms with Crippen molar-refractivity contribution in [2.75, 3.05) is 37.9 Å². The second kappa shape index (κ2) is 26.7. The van der Waals surface area contributed by atoms with Crippen molar-refractivity contribution in [1.82, 2.24) is 0 Å². The Morgan fingerprint density at radius 2 is 1.15 bits per heavy atom. The lowest BCUT2D eigenvalue weighted by Gasteiger charge is -2.24. The number of carboxylic acid groups (broad SMARTS) is 2. The molecule has 0 radical (unpaired) electrons. The van der Waals surface area contributed by atoms with Gasteiger partial charge in [-0.05, 0) is 12.8 Å². The summed E-state index contributed by atoms with van der Waals surface area (Å²) in [6, 6.07) is 0. The van der Waals surface area contributed by atoms with Crippen LogP contribution < -0.4 is 0 Å². The third-order valence-electron chi connectivity index (χ3n) is 2.92. The maximum atomic E-state index is 9.55. The molecule has 0 saturated heterocycles. The van der Waals surface area contributed by atoms with Crippen LogP contribution in [0.2, 0.25) is 0 Å². The Bertz CT molecular complexity index is 264. The third kappa shape index (κ3) is 31.3. The van der Waals surface area contributed by atoms with Gasteiger partial charge in [0, 0.05) is 23.5 Å². The lowest BCUT2D eigenvalue weighted by molar-refractivity contribution is -0.137. The van der Waals surface area contributed by atoms with Crippen LogP contribution >= 0.6 is 25.3 Å². The summed E-state index contributed by atoms with van der Waals surface area (Å²) >= 11 is 7.36. The molecule has 0 rings (SSSR count). The molecule has 0 amide bonds. The molecule has 0 unspecified atom stereocenters. The minimum Gasteiger partial charge on any atom is -0.481 e. The first-order valence-corrected chi connectivity index (χ1v) is 9.55. The molecule has 0 aliphatic rings. The van der Waals surface area contributed by atoms with Gasteiger partial charge in [-0.25, -0.2) is 0 Å². The zero-order valence-corrected chi connectivity index (χ0v) is 17.5. The maximum absolute atomic E-state index is 9.55. The van der Waals surface area contributed by atoms with E-state index in [-0.39, 0.29) is 32.7 Å². The smallest absolute Gasteiger partial charge is 0.304 e. The van der Waals surface area contributed by atoms with E-state index in [1.165, 1.54) is 0 Å². The number of thiol groups is 2. The highest BCUT2D eigenvalue weighted by Crippen LogP contribution is 2.18. The minimum atomic E-state index is -0.787. The second-order valence-corrected chi connectivity index (χ2v) is 6.03. The number of carboxylic acids is 2. The van der Waals surface area contributed by atoms with Gasteiger partial charge >= 0.3 is 11.9 Å². The minimum absolute atomic E-state index is 0.156. The van der Waals surface area contributed by atoms with E-state index in [1.54, 1.807) is 0 Å². The number of unbranched alkanes of at least 4 members (excludes halogenated alkanes) is 1. The molecule has 160 valence electrons. The molecule has 10 heteroatoms. The largest absolute Gasteiger partial charge is 0.481 e. The van der Waals surface area contributed by atoms with Gasteiger partial charge in [0.15, 0.2) is 0 Å². The summed E-state index contributed by atoms with van der Waals surface area (Å²) < 4.78 is 0. The van der Waals surface area contributed by atoms with E-state index < -0.39 is 17.4 Å². The summed E-state index contributed by atoms with van der Waals surface area (Å²) in [4.78, 5) is 19.1. The molecule has 0 aromatic heterocycles. The van der Waals surface area contributed by atoms with Crippen molar-refractivity contribution < 1.29 is 40.2 Å². The maximum Gasteiger partial charge on any atom is 0.304 e. The fourth-order valence-corrected chi connectivity index (χ4v) is 1.22. The quantitative estimate of drug-likeness (QED) is 0.243. The molecule has 26 heavy (non-hydrogen) atoms. The van der Waals surface area contributed by atoms with Crippen LogP contribution in [-0.2, 0) is 9.59 Å². The van der Waals surface area contributed by atoms with Gasteiger partial charge < -0.3 is 30.6 Å². The van der Waals surface area contributed by atoms with Gasteiger partial charge in [-0.15, -0.1) is 0 Å². The molecule has 0 spiro atoms. The molecular weight excluding hydrogens is 384 g/mol. The van der Waals surface area contributed by atoms with Gasteiger partial charge in [0.2, 0.25) is 0 Å². The standard InChI is InChI=1S/C6H14O3.C4H10O.2C3H6O2S/c1-2-6(3-7,4-8)5-9;1-2-3-4-5;2*4-3(5)1-2-6/h7-9H,2-5H2,1H3;5H,2-4H2,1H3;2*6H,1-2H2,(H,4,5). The highest BCUT2D eigenvalue weighted by Gasteiger charge is 2.24. The highest BCUT2D eigenvalue weighted by atomic mass is 32.1. The summed E-state index contributed by atoms with van der Waals surface area (Å²) in [6.45, 7) is 3.75. The first-order valence-electron chi connectivity index (χ1n) is 8.29. The Balaban J connectivity index is -0.000000128. The Kier molecular flexibility index (Phi) is 34.0.